The van der Waals surface area contributed by atoms with Crippen molar-refractivity contribution in [1.29, 1.82) is 0 Å². The number of carbonyl (C=O) groups excluding carboxylic acids is 1. The number of carboxylic acid groups (broad SMARTS) is 2. The molecule has 1 aromatic carbocycles. The minimum atomic E-state index is -1.26. The highest BCUT2D eigenvalue weighted by Crippen LogP contribution is 2.32. The van der Waals surface area contributed by atoms with Gasteiger partial charge in [-0.1, -0.05) is 24.3 Å². The molecule has 1 aromatic heterocycles. The van der Waals surface area contributed by atoms with Crippen molar-refractivity contribution in [3.8, 4) is 0 Å². The number of nitrogens with zero attached hydrogens (tertiary/aromatic N) is 2. The molecule has 0 spiro atoms. The fourth-order valence-electron chi connectivity index (χ4n) is 4.88. The van der Waals surface area contributed by atoms with E-state index in [0.717, 1.165) is 56.5 Å². The molecule has 5 rings (SSSR count). The summed E-state index contributed by atoms with van der Waals surface area (Å²) in [7, 11) is 0. The molecule has 2 aliphatic heterocycles. The van der Waals surface area contributed by atoms with Crippen LogP contribution in [0, 0.1) is 11.8 Å². The maximum atomic E-state index is 12.8. The number of pyridine rings is 1. The topological polar surface area (TPSA) is 132 Å². The molecule has 1 aliphatic carbocycles. The first-order chi connectivity index (χ1) is 16.4. The lowest BCUT2D eigenvalue weighted by atomic mass is 10.0. The van der Waals surface area contributed by atoms with Crippen molar-refractivity contribution in [2.24, 2.45) is 11.8 Å². The Hall–Kier alpha value is -3.72. The first-order valence-electron chi connectivity index (χ1n) is 11.3. The maximum Gasteiger partial charge on any atom is 0.328 e. The van der Waals surface area contributed by atoms with E-state index in [4.69, 9.17) is 10.2 Å². The molecule has 0 bridgehead atoms. The molecule has 4 N–H and O–H groups in total. The summed E-state index contributed by atoms with van der Waals surface area (Å²) in [6, 6.07) is 10.5. The number of anilines is 1. The van der Waals surface area contributed by atoms with Crippen molar-refractivity contribution < 1.29 is 24.6 Å². The summed E-state index contributed by atoms with van der Waals surface area (Å²) >= 11 is 0. The number of carboxylic acids is 2. The number of aromatic nitrogens is 1. The Labute approximate surface area is 197 Å². The summed E-state index contributed by atoms with van der Waals surface area (Å²) in [4.78, 5) is 38.6. The van der Waals surface area contributed by atoms with Crippen LogP contribution in [0.4, 0.5) is 5.69 Å². The SMILES string of the molecule is O=C(NC1CCc2ccccc21)c1cncc(N2C[C@H]3CNC[C@H]3C2)c1.O=C(O)/C=C/C(=O)O. The number of benzene rings is 1. The molecular formula is C25H28N4O5. The van der Waals surface area contributed by atoms with Crippen LogP contribution in [0.3, 0.4) is 0 Å². The lowest BCUT2D eigenvalue weighted by Crippen LogP contribution is -2.28. The van der Waals surface area contributed by atoms with E-state index in [1.54, 1.807) is 6.20 Å². The molecule has 9 heteroatoms. The fourth-order valence-corrected chi connectivity index (χ4v) is 4.88. The second-order valence-electron chi connectivity index (χ2n) is 8.79. The van der Waals surface area contributed by atoms with Crippen LogP contribution in [0.15, 0.2) is 54.9 Å². The second kappa shape index (κ2) is 10.5. The van der Waals surface area contributed by atoms with Gasteiger partial charge in [0.25, 0.3) is 5.91 Å². The summed E-state index contributed by atoms with van der Waals surface area (Å²) < 4.78 is 0. The Balaban J connectivity index is 0.000000297. The minimum Gasteiger partial charge on any atom is -0.478 e. The number of amides is 1. The number of hydrogen-bond donors (Lipinski definition) is 4. The third-order valence-electron chi connectivity index (χ3n) is 6.55. The largest absolute Gasteiger partial charge is 0.478 e. The van der Waals surface area contributed by atoms with Gasteiger partial charge in [-0.25, -0.2) is 9.59 Å². The number of aliphatic carboxylic acids is 2. The van der Waals surface area contributed by atoms with Crippen molar-refractivity contribution in [2.75, 3.05) is 31.1 Å². The van der Waals surface area contributed by atoms with E-state index in [-0.39, 0.29) is 11.9 Å². The Morgan fingerprint density at radius 1 is 1.03 bits per heavy atom. The highest BCUT2D eigenvalue weighted by molar-refractivity contribution is 5.95. The number of nitrogens with one attached hydrogen (secondary N) is 2. The summed E-state index contributed by atoms with van der Waals surface area (Å²) in [6.45, 7) is 4.33. The molecule has 9 nitrogen and oxygen atoms in total. The monoisotopic (exact) mass is 464 g/mol. The molecule has 2 aromatic rings. The Kier molecular flexibility index (Phi) is 7.22. The molecule has 1 unspecified atom stereocenters. The first kappa shape index (κ1) is 23.4. The molecule has 0 radical (unpaired) electrons. The zero-order valence-corrected chi connectivity index (χ0v) is 18.7. The number of rotatable bonds is 5. The van der Waals surface area contributed by atoms with Crippen LogP contribution in [0.2, 0.25) is 0 Å². The van der Waals surface area contributed by atoms with Crippen LogP contribution in [-0.2, 0) is 16.0 Å². The van der Waals surface area contributed by atoms with Gasteiger partial charge in [0.05, 0.1) is 23.5 Å². The van der Waals surface area contributed by atoms with Crippen LogP contribution >= 0.6 is 0 Å². The van der Waals surface area contributed by atoms with Crippen LogP contribution in [0.1, 0.15) is 33.9 Å². The van der Waals surface area contributed by atoms with E-state index in [1.807, 2.05) is 18.3 Å². The average molecular weight is 465 g/mol. The number of fused-ring (bicyclic) bond motifs is 2. The van der Waals surface area contributed by atoms with E-state index in [0.29, 0.717) is 17.7 Å². The van der Waals surface area contributed by atoms with Gasteiger partial charge in [0.2, 0.25) is 0 Å². The fraction of sp³-hybridized carbons (Fsp3) is 0.360. The van der Waals surface area contributed by atoms with Crippen molar-refractivity contribution in [3.05, 3.63) is 71.6 Å². The number of carbonyl (C=O) groups is 3. The van der Waals surface area contributed by atoms with Gasteiger partial charge in [-0.15, -0.1) is 0 Å². The van der Waals surface area contributed by atoms with E-state index >= 15 is 0 Å². The Morgan fingerprint density at radius 2 is 1.71 bits per heavy atom. The first-order valence-corrected chi connectivity index (χ1v) is 11.3. The van der Waals surface area contributed by atoms with Gasteiger partial charge < -0.3 is 25.7 Å². The van der Waals surface area contributed by atoms with Gasteiger partial charge in [-0.05, 0) is 41.9 Å². The van der Waals surface area contributed by atoms with E-state index < -0.39 is 11.9 Å². The Morgan fingerprint density at radius 3 is 2.38 bits per heavy atom. The number of aryl methyl sites for hydroxylation is 1. The number of hydrogen-bond acceptors (Lipinski definition) is 6. The second-order valence-corrected chi connectivity index (χ2v) is 8.79. The third-order valence-corrected chi connectivity index (χ3v) is 6.55. The van der Waals surface area contributed by atoms with Crippen molar-refractivity contribution >= 4 is 23.5 Å². The molecule has 3 aliphatic rings. The van der Waals surface area contributed by atoms with Crippen molar-refractivity contribution in [1.82, 2.24) is 15.6 Å². The summed E-state index contributed by atoms with van der Waals surface area (Å²) in [5.74, 6) is -1.09. The average Bonchev–Trinajstić information content (AvgIpc) is 3.54. The molecular weight excluding hydrogens is 436 g/mol. The summed E-state index contributed by atoms with van der Waals surface area (Å²) in [5, 5.41) is 22.3. The standard InChI is InChI=1S/C21H24N4O.C4H4O4/c26-21(24-20-6-5-14-3-1-2-4-19(14)20)15-7-18(11-23-8-15)25-12-16-9-22-10-17(16)13-25;5-3(6)1-2-4(7)8/h1-4,7-8,11,16-17,20,22H,5-6,9-10,12-13H2,(H,24,26);1-2H,(H,5,6)(H,7,8)/b;2-1+/t16-,17+,20?;. The van der Waals surface area contributed by atoms with E-state index in [9.17, 15) is 14.4 Å². The van der Waals surface area contributed by atoms with Gasteiger partial charge in [-0.2, -0.15) is 0 Å². The highest BCUT2D eigenvalue weighted by atomic mass is 16.4. The molecule has 2 saturated heterocycles. The van der Waals surface area contributed by atoms with Crippen molar-refractivity contribution in [2.45, 2.75) is 18.9 Å². The zero-order valence-electron chi connectivity index (χ0n) is 18.7. The van der Waals surface area contributed by atoms with Gasteiger partial charge in [0, 0.05) is 44.5 Å². The van der Waals surface area contributed by atoms with Crippen molar-refractivity contribution in [3.63, 3.8) is 0 Å². The highest BCUT2D eigenvalue weighted by Gasteiger charge is 2.36. The van der Waals surface area contributed by atoms with Crippen LogP contribution in [0.25, 0.3) is 0 Å². The molecule has 2 fully saturated rings. The normalized spacial score (nSPS) is 22.6. The molecule has 3 atom stereocenters. The summed E-state index contributed by atoms with van der Waals surface area (Å²) in [5.41, 5.74) is 4.33. The van der Waals surface area contributed by atoms with Gasteiger partial charge >= 0.3 is 11.9 Å². The summed E-state index contributed by atoms with van der Waals surface area (Å²) in [6.07, 6.45) is 6.68. The Bertz CT molecular complexity index is 1070. The van der Waals surface area contributed by atoms with Crippen LogP contribution in [-0.4, -0.2) is 59.2 Å². The predicted molar refractivity (Wildman–Crippen MR) is 126 cm³/mol. The smallest absolute Gasteiger partial charge is 0.328 e. The van der Waals surface area contributed by atoms with Gasteiger partial charge in [-0.3, -0.25) is 9.78 Å². The molecule has 3 heterocycles. The lowest BCUT2D eigenvalue weighted by Gasteiger charge is -2.20. The van der Waals surface area contributed by atoms with Gasteiger partial charge in [0.15, 0.2) is 0 Å². The molecule has 34 heavy (non-hydrogen) atoms. The predicted octanol–water partition coefficient (Wildman–Crippen LogP) is 1.87. The molecule has 178 valence electrons. The molecule has 0 saturated carbocycles. The third kappa shape index (κ3) is 5.60. The van der Waals surface area contributed by atoms with Crippen LogP contribution < -0.4 is 15.5 Å². The van der Waals surface area contributed by atoms with Gasteiger partial charge in [0.1, 0.15) is 0 Å². The lowest BCUT2D eigenvalue weighted by molar-refractivity contribution is -0.134. The maximum absolute atomic E-state index is 12.8. The quantitative estimate of drug-likeness (QED) is 0.493. The van der Waals surface area contributed by atoms with E-state index in [2.05, 4.69) is 38.7 Å². The van der Waals surface area contributed by atoms with Crippen LogP contribution in [0.5, 0.6) is 0 Å². The minimum absolute atomic E-state index is 0.0258. The van der Waals surface area contributed by atoms with E-state index in [1.165, 1.54) is 11.1 Å². The zero-order chi connectivity index (χ0) is 24.1. The molecule has 1 amide bonds.